The molecule has 15 heteroatoms. The van der Waals surface area contributed by atoms with Crippen LogP contribution in [0.5, 0.6) is 0 Å². The Morgan fingerprint density at radius 3 is 1.00 bits per heavy atom. The Morgan fingerprint density at radius 1 is 0.591 bits per heavy atom. The number of halogens is 13. The first-order valence-electron chi connectivity index (χ1n) is 4.38. The van der Waals surface area contributed by atoms with Crippen molar-refractivity contribution < 1.29 is 67.0 Å². The van der Waals surface area contributed by atoms with Crippen LogP contribution in [0.25, 0.3) is 0 Å². The van der Waals surface area contributed by atoms with Gasteiger partial charge in [-0.1, -0.05) is 0 Å². The van der Waals surface area contributed by atoms with Crippen molar-refractivity contribution in [1.82, 2.24) is 0 Å². The summed E-state index contributed by atoms with van der Waals surface area (Å²) in [6.45, 7) is 0. The Labute approximate surface area is 110 Å². The Balaban J connectivity index is 7.18. The Morgan fingerprint density at radius 2 is 0.864 bits per heavy atom. The standard InChI is InChI=1S/C7HF13O2/c8-2(9,1(21)22)3(5(12,13)14,6(15,16)17)4(10,11)7(18,19)20/h(H,21,22). The molecule has 0 saturated heterocycles. The second-order valence-electron chi connectivity index (χ2n) is 3.70. The SMILES string of the molecule is O=C(O)C(F)(F)C(C(F)(F)F)(C(F)(F)F)C(F)(F)C(F)(F)F. The fourth-order valence-electron chi connectivity index (χ4n) is 1.44. The quantitative estimate of drug-likeness (QED) is 0.769. The van der Waals surface area contributed by atoms with Gasteiger partial charge in [-0.05, 0) is 0 Å². The van der Waals surface area contributed by atoms with Gasteiger partial charge >= 0.3 is 41.8 Å². The van der Waals surface area contributed by atoms with Crippen LogP contribution in [0.2, 0.25) is 0 Å². The smallest absolute Gasteiger partial charge is 0.454 e. The zero-order valence-corrected chi connectivity index (χ0v) is 9.27. The highest BCUT2D eigenvalue weighted by Crippen LogP contribution is 2.68. The van der Waals surface area contributed by atoms with E-state index in [4.69, 9.17) is 5.11 Å². The third kappa shape index (κ3) is 2.33. The molecule has 2 nitrogen and oxygen atoms in total. The number of hydrogen-bond donors (Lipinski definition) is 1. The number of carboxylic acids is 1. The van der Waals surface area contributed by atoms with Crippen LogP contribution in [-0.2, 0) is 4.79 Å². The maximum atomic E-state index is 12.9. The summed E-state index contributed by atoms with van der Waals surface area (Å²) in [4.78, 5) is 9.88. The van der Waals surface area contributed by atoms with Crippen LogP contribution in [-0.4, -0.2) is 41.4 Å². The fourth-order valence-corrected chi connectivity index (χ4v) is 1.44. The van der Waals surface area contributed by atoms with E-state index in [-0.39, 0.29) is 0 Å². The Bertz CT molecular complexity index is 425. The largest absolute Gasteiger partial charge is 0.477 e. The van der Waals surface area contributed by atoms with E-state index in [1.165, 1.54) is 0 Å². The van der Waals surface area contributed by atoms with E-state index in [1.54, 1.807) is 0 Å². The number of hydrogen-bond acceptors (Lipinski definition) is 1. The van der Waals surface area contributed by atoms with Crippen molar-refractivity contribution in [1.29, 1.82) is 0 Å². The van der Waals surface area contributed by atoms with Crippen molar-refractivity contribution in [2.24, 2.45) is 5.41 Å². The van der Waals surface area contributed by atoms with Gasteiger partial charge in [-0.3, -0.25) is 0 Å². The van der Waals surface area contributed by atoms with Gasteiger partial charge in [0.05, 0.1) is 0 Å². The van der Waals surface area contributed by atoms with Gasteiger partial charge in [-0.25, -0.2) is 4.79 Å². The predicted molar refractivity (Wildman–Crippen MR) is 38.1 cm³/mol. The molecule has 0 spiro atoms. The molecule has 0 aromatic rings. The molecule has 0 atom stereocenters. The summed E-state index contributed by atoms with van der Waals surface area (Å²) in [6.07, 6.45) is -23.8. The van der Waals surface area contributed by atoms with E-state index in [2.05, 4.69) is 0 Å². The maximum Gasteiger partial charge on any atom is 0.454 e. The van der Waals surface area contributed by atoms with E-state index >= 15 is 0 Å². The molecule has 0 saturated carbocycles. The van der Waals surface area contributed by atoms with Gasteiger partial charge in [0.25, 0.3) is 0 Å². The first-order chi connectivity index (χ1) is 9.19. The number of carbonyl (C=O) groups is 1. The molecular formula is C7HF13O2. The van der Waals surface area contributed by atoms with E-state index in [0.717, 1.165) is 0 Å². The van der Waals surface area contributed by atoms with Gasteiger partial charge in [-0.2, -0.15) is 57.1 Å². The number of rotatable bonds is 3. The van der Waals surface area contributed by atoms with E-state index in [1.807, 2.05) is 0 Å². The van der Waals surface area contributed by atoms with Crippen molar-refractivity contribution in [3.63, 3.8) is 0 Å². The average molecular weight is 364 g/mol. The molecule has 0 bridgehead atoms. The summed E-state index contributed by atoms with van der Waals surface area (Å²) < 4.78 is 161. The molecule has 132 valence electrons. The molecular weight excluding hydrogens is 363 g/mol. The molecule has 0 aliphatic rings. The maximum absolute atomic E-state index is 12.9. The zero-order chi connectivity index (χ0) is 18.6. The molecule has 0 unspecified atom stereocenters. The minimum atomic E-state index is -8.22. The summed E-state index contributed by atoms with van der Waals surface area (Å²) in [7, 11) is 0. The van der Waals surface area contributed by atoms with Gasteiger partial charge in [0.15, 0.2) is 0 Å². The molecule has 0 aromatic carbocycles. The fraction of sp³-hybridized carbons (Fsp3) is 0.857. The first-order valence-corrected chi connectivity index (χ1v) is 4.38. The van der Waals surface area contributed by atoms with Crippen LogP contribution < -0.4 is 0 Å². The molecule has 22 heavy (non-hydrogen) atoms. The van der Waals surface area contributed by atoms with Crippen LogP contribution in [0.1, 0.15) is 0 Å². The van der Waals surface area contributed by atoms with Gasteiger partial charge in [0, 0.05) is 0 Å². The number of alkyl halides is 13. The summed E-state index contributed by atoms with van der Waals surface area (Å²) >= 11 is 0. The normalized spacial score (nSPS) is 15.9. The minimum absolute atomic E-state index is 4.47. The third-order valence-corrected chi connectivity index (χ3v) is 2.42. The lowest BCUT2D eigenvalue weighted by Crippen LogP contribution is -2.75. The number of aliphatic carboxylic acids is 1. The third-order valence-electron chi connectivity index (χ3n) is 2.42. The second kappa shape index (κ2) is 4.78. The van der Waals surface area contributed by atoms with Crippen molar-refractivity contribution in [2.75, 3.05) is 0 Å². The van der Waals surface area contributed by atoms with E-state index in [9.17, 15) is 61.9 Å². The predicted octanol–water partition coefficient (Wildman–Crippen LogP) is 4.01. The van der Waals surface area contributed by atoms with Crippen LogP contribution in [0, 0.1) is 5.41 Å². The molecule has 0 amide bonds. The topological polar surface area (TPSA) is 37.3 Å². The van der Waals surface area contributed by atoms with Crippen LogP contribution in [0.3, 0.4) is 0 Å². The molecule has 1 N–H and O–H groups in total. The molecule has 0 aliphatic carbocycles. The highest BCUT2D eigenvalue weighted by atomic mass is 19.4. The molecule has 0 aromatic heterocycles. The summed E-state index contributed by atoms with van der Waals surface area (Å²) in [6, 6.07) is 0. The second-order valence-corrected chi connectivity index (χ2v) is 3.70. The molecule has 0 rings (SSSR count). The molecule has 0 heterocycles. The lowest BCUT2D eigenvalue weighted by Gasteiger charge is -2.44. The van der Waals surface area contributed by atoms with Gasteiger partial charge in [-0.15, -0.1) is 0 Å². The monoisotopic (exact) mass is 364 g/mol. The molecule has 0 radical (unpaired) electrons. The van der Waals surface area contributed by atoms with Crippen molar-refractivity contribution >= 4 is 5.97 Å². The van der Waals surface area contributed by atoms with Crippen molar-refractivity contribution in [3.8, 4) is 0 Å². The minimum Gasteiger partial charge on any atom is -0.477 e. The Hall–Kier alpha value is -1.44. The highest BCUT2D eigenvalue weighted by Gasteiger charge is 2.98. The van der Waals surface area contributed by atoms with Crippen molar-refractivity contribution in [3.05, 3.63) is 0 Å². The van der Waals surface area contributed by atoms with Crippen LogP contribution >= 0.6 is 0 Å². The van der Waals surface area contributed by atoms with Crippen LogP contribution in [0.15, 0.2) is 0 Å². The number of carboxylic acid groups (broad SMARTS) is 1. The highest BCUT2D eigenvalue weighted by molar-refractivity contribution is 5.77. The van der Waals surface area contributed by atoms with Crippen LogP contribution in [0.4, 0.5) is 57.1 Å². The van der Waals surface area contributed by atoms with Gasteiger partial charge < -0.3 is 5.11 Å². The lowest BCUT2D eigenvalue weighted by atomic mass is 9.72. The summed E-state index contributed by atoms with van der Waals surface area (Å²) in [5.41, 5.74) is -8.22. The van der Waals surface area contributed by atoms with Crippen molar-refractivity contribution in [2.45, 2.75) is 30.4 Å². The lowest BCUT2D eigenvalue weighted by molar-refractivity contribution is -0.483. The van der Waals surface area contributed by atoms with Gasteiger partial charge in [0.2, 0.25) is 0 Å². The van der Waals surface area contributed by atoms with Gasteiger partial charge in [0.1, 0.15) is 0 Å². The Kier molecular flexibility index (Phi) is 4.46. The summed E-state index contributed by atoms with van der Waals surface area (Å²) in [5, 5.41) is 7.68. The van der Waals surface area contributed by atoms with E-state index < -0.39 is 41.8 Å². The van der Waals surface area contributed by atoms with E-state index in [0.29, 0.717) is 0 Å². The first kappa shape index (κ1) is 20.6. The average Bonchev–Trinajstić information content (AvgIpc) is 2.08. The zero-order valence-electron chi connectivity index (χ0n) is 9.27. The molecule has 0 aliphatic heterocycles. The summed E-state index contributed by atoms with van der Waals surface area (Å²) in [5.74, 6) is -20.2. The molecule has 0 fully saturated rings.